The number of para-hydroxylation sites is 1. The van der Waals surface area contributed by atoms with E-state index in [0.29, 0.717) is 6.61 Å². The monoisotopic (exact) mass is 278 g/mol. The van der Waals surface area contributed by atoms with E-state index in [1.165, 1.54) is 50.5 Å². The van der Waals surface area contributed by atoms with Gasteiger partial charge in [0.1, 0.15) is 12.4 Å². The van der Waals surface area contributed by atoms with Crippen molar-refractivity contribution in [2.75, 3.05) is 6.61 Å². The third kappa shape index (κ3) is 7.54. The van der Waals surface area contributed by atoms with Crippen LogP contribution in [0.4, 0.5) is 0 Å². The lowest BCUT2D eigenvalue weighted by Crippen LogP contribution is -2.13. The van der Waals surface area contributed by atoms with Crippen LogP contribution in [0.3, 0.4) is 0 Å². The Morgan fingerprint density at radius 3 is 2.35 bits per heavy atom. The Bertz CT molecular complexity index is 347. The highest BCUT2D eigenvalue weighted by Crippen LogP contribution is 2.21. The first-order valence-corrected chi connectivity index (χ1v) is 8.12. The van der Waals surface area contributed by atoms with Crippen LogP contribution in [0.15, 0.2) is 24.3 Å². The molecule has 114 valence electrons. The summed E-state index contributed by atoms with van der Waals surface area (Å²) in [7, 11) is 0. The largest absolute Gasteiger partial charge is 0.491 e. The van der Waals surface area contributed by atoms with E-state index in [2.05, 4.69) is 19.1 Å². The molecule has 0 saturated heterocycles. The zero-order valence-electron chi connectivity index (χ0n) is 13.1. The number of benzene rings is 1. The molecule has 0 spiro atoms. The molecule has 0 amide bonds. The van der Waals surface area contributed by atoms with Crippen molar-refractivity contribution in [3.05, 3.63) is 29.8 Å². The first-order valence-electron chi connectivity index (χ1n) is 8.12. The second-order valence-electron chi connectivity index (χ2n) is 5.64. The van der Waals surface area contributed by atoms with Gasteiger partial charge in [-0.1, -0.05) is 63.6 Å². The van der Waals surface area contributed by atoms with Crippen LogP contribution >= 0.6 is 0 Å². The Morgan fingerprint density at radius 1 is 1.00 bits per heavy atom. The highest BCUT2D eigenvalue weighted by molar-refractivity contribution is 5.33. The normalized spacial score (nSPS) is 12.3. The fourth-order valence-electron chi connectivity index (χ4n) is 2.33. The fourth-order valence-corrected chi connectivity index (χ4v) is 2.33. The van der Waals surface area contributed by atoms with Gasteiger partial charge < -0.3 is 9.84 Å². The molecule has 20 heavy (non-hydrogen) atoms. The van der Waals surface area contributed by atoms with Crippen LogP contribution in [0.5, 0.6) is 5.75 Å². The Morgan fingerprint density at radius 2 is 1.65 bits per heavy atom. The maximum Gasteiger partial charge on any atom is 0.122 e. The topological polar surface area (TPSA) is 29.5 Å². The smallest absolute Gasteiger partial charge is 0.122 e. The van der Waals surface area contributed by atoms with Gasteiger partial charge in [0.05, 0.1) is 6.10 Å². The van der Waals surface area contributed by atoms with Crippen molar-refractivity contribution in [1.29, 1.82) is 0 Å². The predicted octanol–water partition coefficient (Wildman–Crippen LogP) is 4.74. The van der Waals surface area contributed by atoms with Gasteiger partial charge in [0.25, 0.3) is 0 Å². The second-order valence-corrected chi connectivity index (χ2v) is 5.64. The molecule has 0 aliphatic carbocycles. The molecule has 0 unspecified atom stereocenters. The Hall–Kier alpha value is -1.02. The van der Waals surface area contributed by atoms with Crippen LogP contribution in [0.25, 0.3) is 0 Å². The first-order chi connectivity index (χ1) is 9.74. The molecule has 0 saturated carbocycles. The standard InChI is InChI=1S/C18H30O2/c1-3-4-5-6-7-8-9-12-17-13-10-11-14-18(17)20-15-16(2)19/h10-11,13-14,16,19H,3-9,12,15H2,1-2H3/t16-/m0/s1. The van der Waals surface area contributed by atoms with Gasteiger partial charge in [-0.3, -0.25) is 0 Å². The highest BCUT2D eigenvalue weighted by atomic mass is 16.5. The number of rotatable bonds is 11. The zero-order chi connectivity index (χ0) is 14.6. The van der Waals surface area contributed by atoms with Crippen molar-refractivity contribution in [1.82, 2.24) is 0 Å². The minimum Gasteiger partial charge on any atom is -0.491 e. The number of aliphatic hydroxyl groups is 1. The van der Waals surface area contributed by atoms with E-state index >= 15 is 0 Å². The van der Waals surface area contributed by atoms with Gasteiger partial charge >= 0.3 is 0 Å². The van der Waals surface area contributed by atoms with Crippen molar-refractivity contribution in [3.8, 4) is 5.75 Å². The van der Waals surface area contributed by atoms with Crippen molar-refractivity contribution < 1.29 is 9.84 Å². The number of aryl methyl sites for hydroxylation is 1. The third-order valence-corrected chi connectivity index (χ3v) is 3.50. The van der Waals surface area contributed by atoms with Crippen LogP contribution in [0, 0.1) is 0 Å². The molecule has 1 aromatic carbocycles. The summed E-state index contributed by atoms with van der Waals surface area (Å²) in [6.07, 6.45) is 9.96. The molecule has 0 fully saturated rings. The summed E-state index contributed by atoms with van der Waals surface area (Å²) in [5.41, 5.74) is 1.27. The van der Waals surface area contributed by atoms with Crippen molar-refractivity contribution in [2.45, 2.75) is 71.3 Å². The van der Waals surface area contributed by atoms with Gasteiger partial charge in [0, 0.05) is 0 Å². The zero-order valence-corrected chi connectivity index (χ0v) is 13.1. The number of hydrogen-bond donors (Lipinski definition) is 1. The van der Waals surface area contributed by atoms with Crippen molar-refractivity contribution in [2.24, 2.45) is 0 Å². The number of hydrogen-bond acceptors (Lipinski definition) is 2. The Kier molecular flexibility index (Phi) is 9.14. The maximum atomic E-state index is 9.30. The molecule has 0 aromatic heterocycles. The van der Waals surface area contributed by atoms with E-state index in [0.717, 1.165) is 12.2 Å². The Balaban J connectivity index is 2.25. The minimum atomic E-state index is -0.415. The van der Waals surface area contributed by atoms with Gasteiger partial charge in [0.15, 0.2) is 0 Å². The number of unbranched alkanes of at least 4 members (excludes halogenated alkanes) is 6. The lowest BCUT2D eigenvalue weighted by Gasteiger charge is -2.12. The van der Waals surface area contributed by atoms with Gasteiger partial charge in [-0.15, -0.1) is 0 Å². The highest BCUT2D eigenvalue weighted by Gasteiger charge is 2.04. The van der Waals surface area contributed by atoms with Crippen molar-refractivity contribution in [3.63, 3.8) is 0 Å². The minimum absolute atomic E-state index is 0.369. The van der Waals surface area contributed by atoms with Crippen LogP contribution in [-0.2, 0) is 6.42 Å². The van der Waals surface area contributed by atoms with Gasteiger partial charge in [-0.2, -0.15) is 0 Å². The first kappa shape index (κ1) is 17.0. The summed E-state index contributed by atoms with van der Waals surface area (Å²) in [6.45, 7) is 4.37. The molecule has 0 aliphatic heterocycles. The summed E-state index contributed by atoms with van der Waals surface area (Å²) < 4.78 is 5.66. The molecule has 1 rings (SSSR count). The molecule has 0 aliphatic rings. The van der Waals surface area contributed by atoms with Gasteiger partial charge in [-0.05, 0) is 31.4 Å². The number of ether oxygens (including phenoxy) is 1. The molecule has 1 atom stereocenters. The molecule has 0 heterocycles. The van der Waals surface area contributed by atoms with Crippen LogP contribution in [0.1, 0.15) is 64.4 Å². The quantitative estimate of drug-likeness (QED) is 0.592. The lowest BCUT2D eigenvalue weighted by molar-refractivity contribution is 0.122. The maximum absolute atomic E-state index is 9.30. The molecule has 2 heteroatoms. The van der Waals surface area contributed by atoms with Crippen LogP contribution < -0.4 is 4.74 Å². The van der Waals surface area contributed by atoms with E-state index in [9.17, 15) is 5.11 Å². The summed E-state index contributed by atoms with van der Waals surface area (Å²) in [5, 5.41) is 9.30. The third-order valence-electron chi connectivity index (χ3n) is 3.50. The summed E-state index contributed by atoms with van der Waals surface area (Å²) in [4.78, 5) is 0. The Labute approximate surface area is 124 Å². The molecule has 2 nitrogen and oxygen atoms in total. The van der Waals surface area contributed by atoms with Crippen molar-refractivity contribution >= 4 is 0 Å². The molecule has 0 bridgehead atoms. The number of aliphatic hydroxyl groups excluding tert-OH is 1. The summed E-state index contributed by atoms with van der Waals surface area (Å²) in [5.74, 6) is 0.930. The average molecular weight is 278 g/mol. The molecule has 1 aromatic rings. The van der Waals surface area contributed by atoms with E-state index in [4.69, 9.17) is 4.74 Å². The van der Waals surface area contributed by atoms with E-state index in [-0.39, 0.29) is 0 Å². The molecule has 0 radical (unpaired) electrons. The summed E-state index contributed by atoms with van der Waals surface area (Å²) >= 11 is 0. The molecular formula is C18H30O2. The van der Waals surface area contributed by atoms with E-state index in [1.54, 1.807) is 6.92 Å². The predicted molar refractivity (Wildman–Crippen MR) is 85.3 cm³/mol. The second kappa shape index (κ2) is 10.7. The summed E-state index contributed by atoms with van der Waals surface area (Å²) in [6, 6.07) is 8.19. The fraction of sp³-hybridized carbons (Fsp3) is 0.667. The molecule has 1 N–H and O–H groups in total. The average Bonchev–Trinajstić information content (AvgIpc) is 2.45. The van der Waals surface area contributed by atoms with Gasteiger partial charge in [-0.25, -0.2) is 0 Å². The van der Waals surface area contributed by atoms with E-state index in [1.807, 2.05) is 12.1 Å². The van der Waals surface area contributed by atoms with E-state index < -0.39 is 6.10 Å². The molecular weight excluding hydrogens is 248 g/mol. The van der Waals surface area contributed by atoms with Crippen LogP contribution in [-0.4, -0.2) is 17.8 Å². The van der Waals surface area contributed by atoms with Gasteiger partial charge in [0.2, 0.25) is 0 Å². The lowest BCUT2D eigenvalue weighted by atomic mass is 10.0. The SMILES string of the molecule is CCCCCCCCCc1ccccc1OC[C@H](C)O. The van der Waals surface area contributed by atoms with Crippen LogP contribution in [0.2, 0.25) is 0 Å².